The van der Waals surface area contributed by atoms with Crippen molar-refractivity contribution in [3.05, 3.63) is 58.1 Å². The molecule has 0 spiro atoms. The Balaban J connectivity index is 2.13. The fourth-order valence-corrected chi connectivity index (χ4v) is 2.85. The van der Waals surface area contributed by atoms with Crippen molar-refractivity contribution in [2.24, 2.45) is 0 Å². The van der Waals surface area contributed by atoms with Gasteiger partial charge in [0, 0.05) is 13.6 Å². The molecule has 2 rings (SSSR count). The highest BCUT2D eigenvalue weighted by Gasteiger charge is 2.26. The molecule has 28 heavy (non-hydrogen) atoms. The highest BCUT2D eigenvalue weighted by atomic mass is 35.5. The van der Waals surface area contributed by atoms with Crippen molar-refractivity contribution in [2.45, 2.75) is 19.5 Å². The fourth-order valence-electron chi connectivity index (χ4n) is 2.53. The second-order valence-electron chi connectivity index (χ2n) is 6.02. The van der Waals surface area contributed by atoms with Crippen LogP contribution in [0, 0.1) is 0 Å². The van der Waals surface area contributed by atoms with Crippen LogP contribution < -0.4 is 14.8 Å². The molecule has 0 aliphatic carbocycles. The number of nitrogens with one attached hydrogen (secondary N) is 1. The van der Waals surface area contributed by atoms with Gasteiger partial charge in [-0.15, -0.1) is 0 Å². The predicted molar refractivity (Wildman–Crippen MR) is 109 cm³/mol. The minimum atomic E-state index is -0.688. The van der Waals surface area contributed by atoms with E-state index in [1.54, 1.807) is 56.5 Å². The average molecular weight is 425 g/mol. The van der Waals surface area contributed by atoms with E-state index >= 15 is 0 Å². The van der Waals surface area contributed by atoms with Crippen LogP contribution in [0.1, 0.15) is 12.5 Å². The molecular weight excluding hydrogens is 403 g/mol. The van der Waals surface area contributed by atoms with Gasteiger partial charge in [0.25, 0.3) is 5.91 Å². The van der Waals surface area contributed by atoms with Crippen LogP contribution >= 0.6 is 23.2 Å². The highest BCUT2D eigenvalue weighted by Crippen LogP contribution is 2.24. The largest absolute Gasteiger partial charge is 0.497 e. The molecule has 150 valence electrons. The lowest BCUT2D eigenvalue weighted by atomic mass is 10.1. The number of carbonyl (C=O) groups excluding carboxylic acids is 2. The van der Waals surface area contributed by atoms with E-state index in [9.17, 15) is 9.59 Å². The maximum absolute atomic E-state index is 12.8. The Morgan fingerprint density at radius 3 is 2.29 bits per heavy atom. The molecule has 0 fully saturated rings. The zero-order valence-corrected chi connectivity index (χ0v) is 17.4. The van der Waals surface area contributed by atoms with Crippen LogP contribution in [-0.2, 0) is 16.1 Å². The first-order chi connectivity index (χ1) is 13.3. The van der Waals surface area contributed by atoms with Gasteiger partial charge in [0.15, 0.2) is 6.61 Å². The Kier molecular flexibility index (Phi) is 7.96. The van der Waals surface area contributed by atoms with Gasteiger partial charge in [0.05, 0.1) is 17.2 Å². The summed E-state index contributed by atoms with van der Waals surface area (Å²) >= 11 is 12.0. The number of hydrogen-bond donors (Lipinski definition) is 1. The third-order valence-corrected chi connectivity index (χ3v) is 4.91. The third kappa shape index (κ3) is 5.78. The minimum absolute atomic E-state index is 0.191. The molecule has 1 atom stereocenters. The Labute approximate surface area is 174 Å². The van der Waals surface area contributed by atoms with Gasteiger partial charge in [0.2, 0.25) is 5.91 Å². The van der Waals surface area contributed by atoms with Crippen molar-refractivity contribution < 1.29 is 19.1 Å². The van der Waals surface area contributed by atoms with Gasteiger partial charge in [-0.3, -0.25) is 9.59 Å². The molecule has 8 heteroatoms. The first kappa shape index (κ1) is 21.9. The number of nitrogens with zero attached hydrogens (tertiary/aromatic N) is 1. The summed E-state index contributed by atoms with van der Waals surface area (Å²) in [6.45, 7) is 1.63. The number of ether oxygens (including phenoxy) is 2. The SMILES string of the molecule is CNC(=O)[C@H](C)N(Cc1ccc(Cl)c(Cl)c1)C(=O)COc1ccc(OC)cc1. The average Bonchev–Trinajstić information content (AvgIpc) is 2.72. The molecule has 0 radical (unpaired) electrons. The van der Waals surface area contributed by atoms with E-state index in [1.165, 1.54) is 11.9 Å². The molecular formula is C20H22Cl2N2O4. The van der Waals surface area contributed by atoms with Gasteiger partial charge >= 0.3 is 0 Å². The molecule has 0 saturated heterocycles. The van der Waals surface area contributed by atoms with E-state index in [-0.39, 0.29) is 25.0 Å². The van der Waals surface area contributed by atoms with Crippen LogP contribution in [0.25, 0.3) is 0 Å². The van der Waals surface area contributed by atoms with E-state index in [1.807, 2.05) is 0 Å². The smallest absolute Gasteiger partial charge is 0.261 e. The molecule has 0 unspecified atom stereocenters. The summed E-state index contributed by atoms with van der Waals surface area (Å²) in [5.41, 5.74) is 0.753. The molecule has 2 amide bonds. The number of likely N-dealkylation sites (N-methyl/N-ethyl adjacent to an activating group) is 1. The standard InChI is InChI=1S/C20H22Cl2N2O4/c1-13(20(26)23-2)24(11-14-4-9-17(21)18(22)10-14)19(25)12-28-16-7-5-15(27-3)6-8-16/h4-10,13H,11-12H2,1-3H3,(H,23,26)/t13-/m0/s1. The number of rotatable bonds is 8. The van der Waals surface area contributed by atoms with E-state index in [0.717, 1.165) is 5.56 Å². The van der Waals surface area contributed by atoms with Crippen molar-refractivity contribution >= 4 is 35.0 Å². The molecule has 0 saturated carbocycles. The Hall–Kier alpha value is -2.44. The first-order valence-electron chi connectivity index (χ1n) is 8.57. The van der Waals surface area contributed by atoms with E-state index < -0.39 is 6.04 Å². The summed E-state index contributed by atoms with van der Waals surface area (Å²) in [5, 5.41) is 3.36. The second kappa shape index (κ2) is 10.2. The van der Waals surface area contributed by atoms with Gasteiger partial charge in [-0.25, -0.2) is 0 Å². The third-order valence-electron chi connectivity index (χ3n) is 4.17. The van der Waals surface area contributed by atoms with E-state index in [2.05, 4.69) is 5.32 Å². The molecule has 0 aromatic heterocycles. The lowest BCUT2D eigenvalue weighted by Gasteiger charge is -2.28. The summed E-state index contributed by atoms with van der Waals surface area (Å²) in [4.78, 5) is 26.3. The molecule has 1 N–H and O–H groups in total. The van der Waals surface area contributed by atoms with Gasteiger partial charge in [-0.2, -0.15) is 0 Å². The maximum atomic E-state index is 12.8. The number of benzene rings is 2. The summed E-state index contributed by atoms with van der Waals surface area (Å²) in [7, 11) is 3.09. The summed E-state index contributed by atoms with van der Waals surface area (Å²) in [6, 6.07) is 11.3. The lowest BCUT2D eigenvalue weighted by Crippen LogP contribution is -2.48. The number of halogens is 2. The molecule has 0 bridgehead atoms. The molecule has 2 aromatic rings. The van der Waals surface area contributed by atoms with Crippen molar-refractivity contribution in [3.63, 3.8) is 0 Å². The van der Waals surface area contributed by atoms with Crippen molar-refractivity contribution in [3.8, 4) is 11.5 Å². The predicted octanol–water partition coefficient (Wildman–Crippen LogP) is 3.54. The van der Waals surface area contributed by atoms with Crippen LogP contribution in [0.3, 0.4) is 0 Å². The number of methoxy groups -OCH3 is 1. The molecule has 0 aliphatic heterocycles. The number of carbonyl (C=O) groups is 2. The van der Waals surface area contributed by atoms with Crippen molar-refractivity contribution in [1.29, 1.82) is 0 Å². The van der Waals surface area contributed by atoms with Gasteiger partial charge in [-0.1, -0.05) is 29.3 Å². The van der Waals surface area contributed by atoms with Crippen molar-refractivity contribution in [1.82, 2.24) is 10.2 Å². The van der Waals surface area contributed by atoms with Crippen LogP contribution in [0.15, 0.2) is 42.5 Å². The van der Waals surface area contributed by atoms with Crippen LogP contribution in [-0.4, -0.2) is 43.5 Å². The number of amides is 2. The van der Waals surface area contributed by atoms with Gasteiger partial charge < -0.3 is 19.7 Å². The minimum Gasteiger partial charge on any atom is -0.497 e. The maximum Gasteiger partial charge on any atom is 0.261 e. The highest BCUT2D eigenvalue weighted by molar-refractivity contribution is 6.42. The van der Waals surface area contributed by atoms with Crippen LogP contribution in [0.4, 0.5) is 0 Å². The molecule has 0 heterocycles. The summed E-state index contributed by atoms with van der Waals surface area (Å²) in [6.07, 6.45) is 0. The van der Waals surface area contributed by atoms with E-state index in [0.29, 0.717) is 21.5 Å². The normalized spacial score (nSPS) is 11.5. The molecule has 6 nitrogen and oxygen atoms in total. The van der Waals surface area contributed by atoms with E-state index in [4.69, 9.17) is 32.7 Å². The van der Waals surface area contributed by atoms with Gasteiger partial charge in [-0.05, 0) is 48.9 Å². The monoisotopic (exact) mass is 424 g/mol. The fraction of sp³-hybridized carbons (Fsp3) is 0.300. The molecule has 2 aromatic carbocycles. The topological polar surface area (TPSA) is 67.9 Å². The summed E-state index contributed by atoms with van der Waals surface area (Å²) < 4.78 is 10.7. The lowest BCUT2D eigenvalue weighted by molar-refractivity contribution is -0.142. The van der Waals surface area contributed by atoms with Crippen molar-refractivity contribution in [2.75, 3.05) is 20.8 Å². The summed E-state index contributed by atoms with van der Waals surface area (Å²) in [5.74, 6) is 0.597. The Morgan fingerprint density at radius 2 is 1.71 bits per heavy atom. The zero-order valence-electron chi connectivity index (χ0n) is 15.9. The Bertz CT molecular complexity index is 827. The first-order valence-corrected chi connectivity index (χ1v) is 9.33. The van der Waals surface area contributed by atoms with Gasteiger partial charge in [0.1, 0.15) is 17.5 Å². The number of hydrogen-bond acceptors (Lipinski definition) is 4. The molecule has 0 aliphatic rings. The van der Waals surface area contributed by atoms with Crippen LogP contribution in [0.2, 0.25) is 10.0 Å². The quantitative estimate of drug-likeness (QED) is 0.703. The zero-order chi connectivity index (χ0) is 20.7. The Morgan fingerprint density at radius 1 is 1.07 bits per heavy atom. The second-order valence-corrected chi connectivity index (χ2v) is 6.84. The van der Waals surface area contributed by atoms with Crippen LogP contribution in [0.5, 0.6) is 11.5 Å².